The van der Waals surface area contributed by atoms with Crippen molar-refractivity contribution in [1.29, 1.82) is 0 Å². The molecular formula is C12H13N3O. The Morgan fingerprint density at radius 1 is 1.31 bits per heavy atom. The predicted octanol–water partition coefficient (Wildman–Crippen LogP) is 1.80. The fraction of sp³-hybridized carbons (Fsp3) is 0.333. The number of hydrogen-bond donors (Lipinski definition) is 1. The molecule has 1 amide bonds. The van der Waals surface area contributed by atoms with Gasteiger partial charge < -0.3 is 4.90 Å². The SMILES string of the molecule is O=C(c1cccc2[nH]ncc12)N1CCCC1. The monoisotopic (exact) mass is 215 g/mol. The normalized spacial score (nSPS) is 15.9. The minimum Gasteiger partial charge on any atom is -0.339 e. The molecule has 82 valence electrons. The Labute approximate surface area is 93.3 Å². The van der Waals surface area contributed by atoms with Crippen molar-refractivity contribution in [2.24, 2.45) is 0 Å². The van der Waals surface area contributed by atoms with Crippen LogP contribution in [-0.4, -0.2) is 34.1 Å². The van der Waals surface area contributed by atoms with Gasteiger partial charge in [-0.2, -0.15) is 5.10 Å². The van der Waals surface area contributed by atoms with E-state index >= 15 is 0 Å². The molecule has 0 atom stereocenters. The Kier molecular flexibility index (Phi) is 2.13. The molecule has 0 spiro atoms. The quantitative estimate of drug-likeness (QED) is 0.788. The number of H-pyrrole nitrogens is 1. The second-order valence-electron chi connectivity index (χ2n) is 4.14. The molecule has 0 radical (unpaired) electrons. The number of aromatic nitrogens is 2. The van der Waals surface area contributed by atoms with Crippen LogP contribution in [0.2, 0.25) is 0 Å². The Morgan fingerprint density at radius 3 is 2.94 bits per heavy atom. The number of amides is 1. The molecule has 16 heavy (non-hydrogen) atoms. The highest BCUT2D eigenvalue weighted by Crippen LogP contribution is 2.20. The van der Waals surface area contributed by atoms with Gasteiger partial charge in [-0.15, -0.1) is 0 Å². The lowest BCUT2D eigenvalue weighted by Gasteiger charge is -2.15. The van der Waals surface area contributed by atoms with Gasteiger partial charge in [-0.05, 0) is 25.0 Å². The highest BCUT2D eigenvalue weighted by Gasteiger charge is 2.21. The number of likely N-dealkylation sites (tertiary alicyclic amines) is 1. The highest BCUT2D eigenvalue weighted by atomic mass is 16.2. The van der Waals surface area contributed by atoms with Crippen LogP contribution in [0.1, 0.15) is 23.2 Å². The van der Waals surface area contributed by atoms with E-state index in [0.29, 0.717) is 0 Å². The number of fused-ring (bicyclic) bond motifs is 1. The Hall–Kier alpha value is -1.84. The number of hydrogen-bond acceptors (Lipinski definition) is 2. The van der Waals surface area contributed by atoms with Gasteiger partial charge in [0.1, 0.15) is 0 Å². The number of benzene rings is 1. The molecule has 4 heteroatoms. The Morgan fingerprint density at radius 2 is 2.12 bits per heavy atom. The number of aromatic amines is 1. The first-order valence-electron chi connectivity index (χ1n) is 5.57. The first kappa shape index (κ1) is 9.39. The van der Waals surface area contributed by atoms with E-state index in [4.69, 9.17) is 0 Å². The van der Waals surface area contributed by atoms with E-state index in [9.17, 15) is 4.79 Å². The van der Waals surface area contributed by atoms with Crippen LogP contribution in [0.15, 0.2) is 24.4 Å². The largest absolute Gasteiger partial charge is 0.339 e. The van der Waals surface area contributed by atoms with Gasteiger partial charge in [-0.3, -0.25) is 9.89 Å². The fourth-order valence-electron chi connectivity index (χ4n) is 2.25. The second kappa shape index (κ2) is 3.63. The molecule has 1 saturated heterocycles. The summed E-state index contributed by atoms with van der Waals surface area (Å²) in [6, 6.07) is 5.70. The van der Waals surface area contributed by atoms with Crippen molar-refractivity contribution in [2.45, 2.75) is 12.8 Å². The Bertz CT molecular complexity index is 526. The van der Waals surface area contributed by atoms with Crippen LogP contribution in [0.25, 0.3) is 10.9 Å². The fourth-order valence-corrected chi connectivity index (χ4v) is 2.25. The van der Waals surface area contributed by atoms with Crippen molar-refractivity contribution in [3.05, 3.63) is 30.0 Å². The van der Waals surface area contributed by atoms with Gasteiger partial charge >= 0.3 is 0 Å². The molecule has 0 bridgehead atoms. The summed E-state index contributed by atoms with van der Waals surface area (Å²) in [5, 5.41) is 7.78. The maximum absolute atomic E-state index is 12.2. The number of nitrogens with zero attached hydrogens (tertiary/aromatic N) is 2. The summed E-state index contributed by atoms with van der Waals surface area (Å²) in [5.41, 5.74) is 1.68. The molecule has 0 aliphatic carbocycles. The van der Waals surface area contributed by atoms with E-state index in [1.165, 1.54) is 0 Å². The molecule has 2 heterocycles. The summed E-state index contributed by atoms with van der Waals surface area (Å²) in [4.78, 5) is 14.2. The minimum atomic E-state index is 0.129. The first-order valence-corrected chi connectivity index (χ1v) is 5.57. The van der Waals surface area contributed by atoms with Gasteiger partial charge in [0.05, 0.1) is 17.3 Å². The van der Waals surface area contributed by atoms with Gasteiger partial charge in [0.25, 0.3) is 5.91 Å². The molecule has 1 aromatic heterocycles. The number of carbonyl (C=O) groups excluding carboxylic acids is 1. The van der Waals surface area contributed by atoms with Gasteiger partial charge in [-0.1, -0.05) is 6.07 Å². The average molecular weight is 215 g/mol. The van der Waals surface area contributed by atoms with Crippen LogP contribution in [0.3, 0.4) is 0 Å². The lowest BCUT2D eigenvalue weighted by Crippen LogP contribution is -2.27. The molecule has 1 aliphatic rings. The molecule has 2 aromatic rings. The lowest BCUT2D eigenvalue weighted by atomic mass is 10.1. The molecule has 3 rings (SSSR count). The topological polar surface area (TPSA) is 49.0 Å². The zero-order valence-corrected chi connectivity index (χ0v) is 8.94. The number of carbonyl (C=O) groups is 1. The number of nitrogens with one attached hydrogen (secondary N) is 1. The third kappa shape index (κ3) is 1.38. The zero-order chi connectivity index (χ0) is 11.0. The predicted molar refractivity (Wildman–Crippen MR) is 61.2 cm³/mol. The smallest absolute Gasteiger partial charge is 0.254 e. The van der Waals surface area contributed by atoms with Crippen LogP contribution in [0.5, 0.6) is 0 Å². The summed E-state index contributed by atoms with van der Waals surface area (Å²) in [7, 11) is 0. The molecule has 4 nitrogen and oxygen atoms in total. The van der Waals surface area contributed by atoms with Gasteiger partial charge in [0, 0.05) is 18.5 Å². The lowest BCUT2D eigenvalue weighted by molar-refractivity contribution is 0.0795. The van der Waals surface area contributed by atoms with E-state index in [1.54, 1.807) is 6.20 Å². The standard InChI is InChI=1S/C12H13N3O/c16-12(15-6-1-2-7-15)9-4-3-5-11-10(9)8-13-14-11/h3-5,8H,1-2,6-7H2,(H,13,14). The summed E-state index contributed by atoms with van der Waals surface area (Å²) < 4.78 is 0. The molecule has 1 aliphatic heterocycles. The summed E-state index contributed by atoms with van der Waals surface area (Å²) in [5.74, 6) is 0.129. The summed E-state index contributed by atoms with van der Waals surface area (Å²) >= 11 is 0. The maximum atomic E-state index is 12.2. The summed E-state index contributed by atoms with van der Waals surface area (Å²) in [6.07, 6.45) is 3.96. The molecule has 1 fully saturated rings. The van der Waals surface area contributed by atoms with E-state index in [0.717, 1.165) is 42.4 Å². The van der Waals surface area contributed by atoms with Crippen LogP contribution in [-0.2, 0) is 0 Å². The van der Waals surface area contributed by atoms with E-state index < -0.39 is 0 Å². The second-order valence-corrected chi connectivity index (χ2v) is 4.14. The van der Waals surface area contributed by atoms with Crippen LogP contribution in [0, 0.1) is 0 Å². The van der Waals surface area contributed by atoms with Crippen molar-refractivity contribution in [3.63, 3.8) is 0 Å². The number of rotatable bonds is 1. The summed E-state index contributed by atoms with van der Waals surface area (Å²) in [6.45, 7) is 1.76. The molecular weight excluding hydrogens is 202 g/mol. The van der Waals surface area contributed by atoms with Crippen LogP contribution in [0.4, 0.5) is 0 Å². The molecule has 0 saturated carbocycles. The van der Waals surface area contributed by atoms with E-state index in [1.807, 2.05) is 23.1 Å². The van der Waals surface area contributed by atoms with Crippen molar-refractivity contribution in [3.8, 4) is 0 Å². The first-order chi connectivity index (χ1) is 7.86. The van der Waals surface area contributed by atoms with Gasteiger partial charge in [0.2, 0.25) is 0 Å². The highest BCUT2D eigenvalue weighted by molar-refractivity contribution is 6.06. The van der Waals surface area contributed by atoms with Gasteiger partial charge in [-0.25, -0.2) is 0 Å². The van der Waals surface area contributed by atoms with Crippen molar-refractivity contribution >= 4 is 16.8 Å². The Balaban J connectivity index is 2.04. The van der Waals surface area contributed by atoms with Crippen molar-refractivity contribution in [1.82, 2.24) is 15.1 Å². The van der Waals surface area contributed by atoms with Crippen molar-refractivity contribution in [2.75, 3.05) is 13.1 Å². The van der Waals surface area contributed by atoms with Crippen LogP contribution < -0.4 is 0 Å². The van der Waals surface area contributed by atoms with Crippen LogP contribution >= 0.6 is 0 Å². The van der Waals surface area contributed by atoms with Crippen molar-refractivity contribution < 1.29 is 4.79 Å². The minimum absolute atomic E-state index is 0.129. The zero-order valence-electron chi connectivity index (χ0n) is 8.94. The average Bonchev–Trinajstić information content (AvgIpc) is 2.98. The maximum Gasteiger partial charge on any atom is 0.254 e. The third-order valence-electron chi connectivity index (χ3n) is 3.11. The molecule has 1 N–H and O–H groups in total. The van der Waals surface area contributed by atoms with Gasteiger partial charge in [0.15, 0.2) is 0 Å². The van der Waals surface area contributed by atoms with E-state index in [2.05, 4.69) is 10.2 Å². The molecule has 0 unspecified atom stereocenters. The van der Waals surface area contributed by atoms with E-state index in [-0.39, 0.29) is 5.91 Å². The molecule has 1 aromatic carbocycles. The third-order valence-corrected chi connectivity index (χ3v) is 3.11.